The van der Waals surface area contributed by atoms with Crippen molar-refractivity contribution in [3.05, 3.63) is 83.3 Å². The maximum absolute atomic E-state index is 13.1. The molecule has 0 saturated heterocycles. The lowest BCUT2D eigenvalue weighted by atomic mass is 10.1. The molecule has 5 nitrogen and oxygen atoms in total. The number of benzene rings is 1. The molecule has 0 atom stereocenters. The third kappa shape index (κ3) is 5.49. The molecule has 3 aromatic rings. The first-order valence-corrected chi connectivity index (χ1v) is 9.39. The van der Waals surface area contributed by atoms with E-state index in [0.717, 1.165) is 23.2 Å². The molecule has 0 unspecified atom stereocenters. The van der Waals surface area contributed by atoms with Gasteiger partial charge in [-0.3, -0.25) is 9.78 Å². The second kappa shape index (κ2) is 9.26. The van der Waals surface area contributed by atoms with Crippen LogP contribution in [0.15, 0.2) is 59.4 Å². The van der Waals surface area contributed by atoms with E-state index in [-0.39, 0.29) is 17.5 Å². The molecule has 0 aliphatic carbocycles. The second-order valence-corrected chi connectivity index (χ2v) is 7.24. The number of nitrogens with zero attached hydrogens (tertiary/aromatic N) is 3. The summed E-state index contributed by atoms with van der Waals surface area (Å²) >= 11 is 0. The summed E-state index contributed by atoms with van der Waals surface area (Å²) in [5, 5.41) is 4.02. The molecule has 0 fully saturated rings. The average Bonchev–Trinajstić information content (AvgIpc) is 3.14. The molecule has 28 heavy (non-hydrogen) atoms. The Labute approximate surface area is 164 Å². The van der Waals surface area contributed by atoms with Gasteiger partial charge in [-0.15, -0.1) is 0 Å². The van der Waals surface area contributed by atoms with Crippen LogP contribution in [0.3, 0.4) is 0 Å². The number of amides is 1. The maximum Gasteiger partial charge on any atom is 0.292 e. The summed E-state index contributed by atoms with van der Waals surface area (Å²) in [6.45, 7) is 5.06. The van der Waals surface area contributed by atoms with Gasteiger partial charge in [0, 0.05) is 31.5 Å². The van der Waals surface area contributed by atoms with Gasteiger partial charge in [0.2, 0.25) is 5.76 Å². The van der Waals surface area contributed by atoms with E-state index in [1.165, 1.54) is 12.1 Å². The Morgan fingerprint density at radius 3 is 2.64 bits per heavy atom. The molecule has 1 aromatic carbocycles. The van der Waals surface area contributed by atoms with Gasteiger partial charge in [-0.05, 0) is 48.1 Å². The summed E-state index contributed by atoms with van der Waals surface area (Å²) in [4.78, 5) is 18.9. The first-order chi connectivity index (χ1) is 13.5. The Balaban J connectivity index is 1.75. The van der Waals surface area contributed by atoms with E-state index in [2.05, 4.69) is 24.0 Å². The lowest BCUT2D eigenvalue weighted by Crippen LogP contribution is -2.32. The lowest BCUT2D eigenvalue weighted by molar-refractivity contribution is 0.0702. The van der Waals surface area contributed by atoms with E-state index in [9.17, 15) is 9.18 Å². The number of pyridine rings is 1. The van der Waals surface area contributed by atoms with Crippen LogP contribution in [0.2, 0.25) is 0 Å². The topological polar surface area (TPSA) is 59.2 Å². The van der Waals surface area contributed by atoms with Gasteiger partial charge in [0.25, 0.3) is 5.91 Å². The second-order valence-electron chi connectivity index (χ2n) is 7.24. The molecule has 2 aromatic heterocycles. The zero-order chi connectivity index (χ0) is 19.9. The van der Waals surface area contributed by atoms with Crippen molar-refractivity contribution in [3.63, 3.8) is 0 Å². The fourth-order valence-corrected chi connectivity index (χ4v) is 2.96. The van der Waals surface area contributed by atoms with Gasteiger partial charge in [-0.2, -0.15) is 0 Å². The highest BCUT2D eigenvalue weighted by molar-refractivity contribution is 5.91. The minimum absolute atomic E-state index is 0.214. The lowest BCUT2D eigenvalue weighted by Gasteiger charge is -2.21. The molecule has 3 rings (SSSR count). The fraction of sp³-hybridized carbons (Fsp3) is 0.318. The van der Waals surface area contributed by atoms with Crippen molar-refractivity contribution in [2.45, 2.75) is 33.2 Å². The molecule has 0 radical (unpaired) electrons. The molecule has 2 heterocycles. The number of carbonyl (C=O) groups is 1. The van der Waals surface area contributed by atoms with Gasteiger partial charge in [0.05, 0.1) is 5.69 Å². The number of carbonyl (C=O) groups excluding carboxylic acids is 1. The van der Waals surface area contributed by atoms with Crippen LogP contribution in [-0.4, -0.2) is 27.5 Å². The summed E-state index contributed by atoms with van der Waals surface area (Å²) in [5.41, 5.74) is 2.67. The summed E-state index contributed by atoms with van der Waals surface area (Å²) in [6.07, 6.45) is 4.81. The molecule has 0 aliphatic rings. The molecule has 146 valence electrons. The molecule has 0 spiro atoms. The highest BCUT2D eigenvalue weighted by Gasteiger charge is 2.21. The summed E-state index contributed by atoms with van der Waals surface area (Å²) in [5.74, 6) is 0.177. The zero-order valence-corrected chi connectivity index (χ0v) is 16.1. The van der Waals surface area contributed by atoms with Crippen LogP contribution in [0, 0.1) is 11.7 Å². The van der Waals surface area contributed by atoms with Gasteiger partial charge >= 0.3 is 0 Å². The summed E-state index contributed by atoms with van der Waals surface area (Å²) in [7, 11) is 0. The highest BCUT2D eigenvalue weighted by Crippen LogP contribution is 2.15. The van der Waals surface area contributed by atoms with E-state index < -0.39 is 0 Å². The minimum Gasteiger partial charge on any atom is -0.351 e. The van der Waals surface area contributed by atoms with Gasteiger partial charge in [-0.1, -0.05) is 37.2 Å². The highest BCUT2D eigenvalue weighted by atomic mass is 19.1. The predicted octanol–water partition coefficient (Wildman–Crippen LogP) is 4.29. The Hall–Kier alpha value is -3.02. The Morgan fingerprint density at radius 1 is 1.18 bits per heavy atom. The smallest absolute Gasteiger partial charge is 0.292 e. The average molecular weight is 381 g/mol. The van der Waals surface area contributed by atoms with Gasteiger partial charge in [-0.25, -0.2) is 4.39 Å². The van der Waals surface area contributed by atoms with Crippen LogP contribution in [0.25, 0.3) is 0 Å². The number of hydrogen-bond acceptors (Lipinski definition) is 4. The van der Waals surface area contributed by atoms with Crippen LogP contribution in [0.1, 0.15) is 41.2 Å². The SMILES string of the molecule is CC(C)Cc1cc(C(=O)N(CCc2ccc(F)cc2)Cc2cccnc2)on1. The van der Waals surface area contributed by atoms with E-state index >= 15 is 0 Å². The number of aromatic nitrogens is 2. The normalized spacial score (nSPS) is 11.0. The van der Waals surface area contributed by atoms with E-state index in [1.807, 2.05) is 12.1 Å². The van der Waals surface area contributed by atoms with Crippen molar-refractivity contribution >= 4 is 5.91 Å². The molecule has 1 amide bonds. The predicted molar refractivity (Wildman–Crippen MR) is 104 cm³/mol. The monoisotopic (exact) mass is 381 g/mol. The Morgan fingerprint density at radius 2 is 1.96 bits per heavy atom. The maximum atomic E-state index is 13.1. The van der Waals surface area contributed by atoms with Gasteiger partial charge in [0.15, 0.2) is 0 Å². The molecular weight excluding hydrogens is 357 g/mol. The molecule has 0 N–H and O–H groups in total. The van der Waals surface area contributed by atoms with Crippen LogP contribution in [0.5, 0.6) is 0 Å². The standard InChI is InChI=1S/C22H24FN3O2/c1-16(2)12-20-13-21(28-25-20)22(27)26(15-18-4-3-10-24-14-18)11-9-17-5-7-19(23)8-6-17/h3-8,10,13-14,16H,9,11-12,15H2,1-2H3. The summed E-state index contributed by atoms with van der Waals surface area (Å²) in [6, 6.07) is 11.8. The van der Waals surface area contributed by atoms with Crippen LogP contribution in [0.4, 0.5) is 4.39 Å². The van der Waals surface area contributed by atoms with Crippen molar-refractivity contribution in [1.82, 2.24) is 15.0 Å². The van der Waals surface area contributed by atoms with Crippen molar-refractivity contribution in [1.29, 1.82) is 0 Å². The van der Waals surface area contributed by atoms with Crippen LogP contribution in [-0.2, 0) is 19.4 Å². The minimum atomic E-state index is -0.272. The Kier molecular flexibility index (Phi) is 6.53. The van der Waals surface area contributed by atoms with E-state index in [0.29, 0.717) is 25.4 Å². The van der Waals surface area contributed by atoms with E-state index in [4.69, 9.17) is 4.52 Å². The van der Waals surface area contributed by atoms with Gasteiger partial charge in [0.1, 0.15) is 5.82 Å². The first kappa shape index (κ1) is 19.7. The van der Waals surface area contributed by atoms with E-state index in [1.54, 1.807) is 35.5 Å². The van der Waals surface area contributed by atoms with Crippen molar-refractivity contribution in [2.75, 3.05) is 6.54 Å². The third-order valence-electron chi connectivity index (χ3n) is 4.35. The first-order valence-electron chi connectivity index (χ1n) is 9.39. The quantitative estimate of drug-likeness (QED) is 0.584. The third-order valence-corrected chi connectivity index (χ3v) is 4.35. The summed E-state index contributed by atoms with van der Waals surface area (Å²) < 4.78 is 18.4. The number of halogens is 1. The fourth-order valence-electron chi connectivity index (χ4n) is 2.96. The van der Waals surface area contributed by atoms with Crippen LogP contribution >= 0.6 is 0 Å². The molecule has 0 aliphatic heterocycles. The molecule has 0 bridgehead atoms. The molecule has 6 heteroatoms. The van der Waals surface area contributed by atoms with Gasteiger partial charge < -0.3 is 9.42 Å². The number of rotatable bonds is 8. The van der Waals surface area contributed by atoms with Crippen molar-refractivity contribution < 1.29 is 13.7 Å². The largest absolute Gasteiger partial charge is 0.351 e. The number of hydrogen-bond donors (Lipinski definition) is 0. The van der Waals surface area contributed by atoms with Crippen LogP contribution < -0.4 is 0 Å². The molecule has 0 saturated carbocycles. The van der Waals surface area contributed by atoms with Crippen molar-refractivity contribution in [3.8, 4) is 0 Å². The van der Waals surface area contributed by atoms with Crippen molar-refractivity contribution in [2.24, 2.45) is 5.92 Å². The molecular formula is C22H24FN3O2. The zero-order valence-electron chi connectivity index (χ0n) is 16.1. The Bertz CT molecular complexity index is 892.